The summed E-state index contributed by atoms with van der Waals surface area (Å²) in [7, 11) is 0. The number of piperidine rings is 1. The summed E-state index contributed by atoms with van der Waals surface area (Å²) in [6.45, 7) is 0.773. The Morgan fingerprint density at radius 2 is 1.84 bits per heavy atom. The van der Waals surface area contributed by atoms with Gasteiger partial charge in [0.25, 0.3) is 0 Å². The first-order valence-corrected chi connectivity index (χ1v) is 8.81. The number of hydrogen-bond acceptors (Lipinski definition) is 2. The first-order chi connectivity index (χ1) is 12.1. The molecule has 0 radical (unpaired) electrons. The van der Waals surface area contributed by atoms with Gasteiger partial charge in [-0.05, 0) is 67.5 Å². The minimum Gasteiger partial charge on any atom is -0.478 e. The van der Waals surface area contributed by atoms with Crippen molar-refractivity contribution in [3.05, 3.63) is 65.2 Å². The molecule has 4 heteroatoms. The molecule has 0 bridgehead atoms. The van der Waals surface area contributed by atoms with Gasteiger partial charge in [-0.1, -0.05) is 24.3 Å². The van der Waals surface area contributed by atoms with Crippen molar-refractivity contribution in [3.8, 4) is 0 Å². The molecular formula is C21H21NO3. The summed E-state index contributed by atoms with van der Waals surface area (Å²) >= 11 is 0. The molecule has 1 atom stereocenters. The van der Waals surface area contributed by atoms with E-state index in [0.717, 1.165) is 49.0 Å². The highest BCUT2D eigenvalue weighted by Crippen LogP contribution is 2.44. The van der Waals surface area contributed by atoms with E-state index in [9.17, 15) is 14.7 Å². The zero-order valence-corrected chi connectivity index (χ0v) is 14.1. The van der Waals surface area contributed by atoms with Crippen molar-refractivity contribution in [2.45, 2.75) is 32.1 Å². The topological polar surface area (TPSA) is 57.6 Å². The molecule has 1 aliphatic carbocycles. The van der Waals surface area contributed by atoms with Crippen LogP contribution in [0.2, 0.25) is 0 Å². The number of carbonyl (C=O) groups is 2. The van der Waals surface area contributed by atoms with Gasteiger partial charge in [0.2, 0.25) is 5.91 Å². The maximum atomic E-state index is 13.3. The molecule has 128 valence electrons. The van der Waals surface area contributed by atoms with Crippen LogP contribution in [0, 0.1) is 5.41 Å². The number of amides is 1. The molecular weight excluding hydrogens is 314 g/mol. The summed E-state index contributed by atoms with van der Waals surface area (Å²) in [4.78, 5) is 26.4. The molecule has 1 spiro atoms. The molecule has 1 fully saturated rings. The SMILES string of the molecule is O=C(O)c1ccc2c(c1)CC[C@]1(CCCN(c3ccccc3)C1=O)C2. The van der Waals surface area contributed by atoms with E-state index >= 15 is 0 Å². The van der Waals surface area contributed by atoms with Gasteiger partial charge in [-0.2, -0.15) is 0 Å². The van der Waals surface area contributed by atoms with Gasteiger partial charge in [0, 0.05) is 12.2 Å². The number of benzene rings is 2. The second-order valence-corrected chi connectivity index (χ2v) is 7.14. The van der Waals surface area contributed by atoms with E-state index in [0.29, 0.717) is 12.0 Å². The van der Waals surface area contributed by atoms with Crippen LogP contribution in [0.15, 0.2) is 48.5 Å². The van der Waals surface area contributed by atoms with Crippen LogP contribution in [-0.4, -0.2) is 23.5 Å². The Morgan fingerprint density at radius 3 is 2.60 bits per heavy atom. The van der Waals surface area contributed by atoms with Crippen molar-refractivity contribution in [1.82, 2.24) is 0 Å². The van der Waals surface area contributed by atoms with Crippen molar-refractivity contribution < 1.29 is 14.7 Å². The summed E-state index contributed by atoms with van der Waals surface area (Å²) in [5.41, 5.74) is 3.16. The average Bonchev–Trinajstić information content (AvgIpc) is 2.64. The molecule has 4 nitrogen and oxygen atoms in total. The van der Waals surface area contributed by atoms with Crippen LogP contribution in [0.3, 0.4) is 0 Å². The number of aromatic carboxylic acids is 1. The molecule has 0 aromatic heterocycles. The van der Waals surface area contributed by atoms with Crippen molar-refractivity contribution in [2.75, 3.05) is 11.4 Å². The van der Waals surface area contributed by atoms with E-state index in [4.69, 9.17) is 0 Å². The van der Waals surface area contributed by atoms with E-state index in [-0.39, 0.29) is 11.3 Å². The maximum absolute atomic E-state index is 13.3. The van der Waals surface area contributed by atoms with E-state index in [1.165, 1.54) is 0 Å². The van der Waals surface area contributed by atoms with E-state index < -0.39 is 5.97 Å². The number of nitrogens with zero attached hydrogens (tertiary/aromatic N) is 1. The second-order valence-electron chi connectivity index (χ2n) is 7.14. The van der Waals surface area contributed by atoms with E-state index in [1.807, 2.05) is 41.3 Å². The third-order valence-corrected chi connectivity index (χ3v) is 5.66. The molecule has 2 aromatic carbocycles. The van der Waals surface area contributed by atoms with Crippen LogP contribution in [0.4, 0.5) is 5.69 Å². The summed E-state index contributed by atoms with van der Waals surface area (Å²) < 4.78 is 0. The zero-order chi connectivity index (χ0) is 17.4. The van der Waals surface area contributed by atoms with E-state index in [1.54, 1.807) is 12.1 Å². The lowest BCUT2D eigenvalue weighted by Crippen LogP contribution is -2.51. The monoisotopic (exact) mass is 335 g/mol. The minimum absolute atomic E-state index is 0.220. The van der Waals surface area contributed by atoms with Gasteiger partial charge in [0.1, 0.15) is 0 Å². The Hall–Kier alpha value is -2.62. The number of para-hydroxylation sites is 1. The number of hydrogen-bond donors (Lipinski definition) is 1. The largest absolute Gasteiger partial charge is 0.478 e. The lowest BCUT2D eigenvalue weighted by Gasteiger charge is -2.44. The fourth-order valence-corrected chi connectivity index (χ4v) is 4.31. The molecule has 1 aliphatic heterocycles. The van der Waals surface area contributed by atoms with Crippen molar-refractivity contribution in [3.63, 3.8) is 0 Å². The van der Waals surface area contributed by atoms with Gasteiger partial charge < -0.3 is 10.0 Å². The summed E-state index contributed by atoms with van der Waals surface area (Å²) in [5.74, 6) is -0.676. The molecule has 1 saturated heterocycles. The Kier molecular flexibility index (Phi) is 3.83. The van der Waals surface area contributed by atoms with Crippen LogP contribution in [0.25, 0.3) is 0 Å². The van der Waals surface area contributed by atoms with E-state index in [2.05, 4.69) is 0 Å². The quantitative estimate of drug-likeness (QED) is 0.911. The third-order valence-electron chi connectivity index (χ3n) is 5.66. The number of fused-ring (bicyclic) bond motifs is 1. The van der Waals surface area contributed by atoms with Crippen LogP contribution in [-0.2, 0) is 17.6 Å². The van der Waals surface area contributed by atoms with Gasteiger partial charge in [0.05, 0.1) is 11.0 Å². The van der Waals surface area contributed by atoms with Gasteiger partial charge in [0.15, 0.2) is 0 Å². The van der Waals surface area contributed by atoms with Crippen LogP contribution < -0.4 is 4.90 Å². The maximum Gasteiger partial charge on any atom is 0.335 e. The van der Waals surface area contributed by atoms with Gasteiger partial charge in [-0.15, -0.1) is 0 Å². The first-order valence-electron chi connectivity index (χ1n) is 8.81. The van der Waals surface area contributed by atoms with Gasteiger partial charge >= 0.3 is 5.97 Å². The van der Waals surface area contributed by atoms with Crippen molar-refractivity contribution >= 4 is 17.6 Å². The highest BCUT2D eigenvalue weighted by molar-refractivity contribution is 5.98. The van der Waals surface area contributed by atoms with Gasteiger partial charge in [-0.25, -0.2) is 4.79 Å². The Bertz CT molecular complexity index is 830. The summed E-state index contributed by atoms with van der Waals surface area (Å²) in [6.07, 6.45) is 4.19. The highest BCUT2D eigenvalue weighted by atomic mass is 16.4. The zero-order valence-electron chi connectivity index (χ0n) is 14.1. The van der Waals surface area contributed by atoms with Crippen molar-refractivity contribution in [1.29, 1.82) is 0 Å². The average molecular weight is 335 g/mol. The number of aryl methyl sites for hydroxylation is 1. The van der Waals surface area contributed by atoms with Crippen LogP contribution in [0.1, 0.15) is 40.7 Å². The predicted molar refractivity (Wildman–Crippen MR) is 95.9 cm³/mol. The molecule has 25 heavy (non-hydrogen) atoms. The Labute approximate surface area is 147 Å². The number of anilines is 1. The molecule has 0 unspecified atom stereocenters. The molecule has 1 N–H and O–H groups in total. The van der Waals surface area contributed by atoms with Crippen molar-refractivity contribution in [2.24, 2.45) is 5.41 Å². The molecule has 1 heterocycles. The Balaban J connectivity index is 1.64. The molecule has 2 aliphatic rings. The third kappa shape index (κ3) is 2.72. The standard InChI is InChI=1S/C21H21NO3/c23-19(24)16-7-8-17-14-21(11-9-15(17)13-16)10-4-12-22(20(21)25)18-5-2-1-3-6-18/h1-3,5-8,13H,4,9-12,14H2,(H,23,24)/t21-/m1/s1. The first kappa shape index (κ1) is 15.9. The predicted octanol–water partition coefficient (Wildman–Crippen LogP) is 3.69. The lowest BCUT2D eigenvalue weighted by atomic mass is 9.66. The number of carboxylic acid groups (broad SMARTS) is 1. The fourth-order valence-electron chi connectivity index (χ4n) is 4.31. The normalized spacial score (nSPS) is 22.7. The highest BCUT2D eigenvalue weighted by Gasteiger charge is 2.46. The fraction of sp³-hybridized carbons (Fsp3) is 0.333. The summed E-state index contributed by atoms with van der Waals surface area (Å²) in [6, 6.07) is 15.2. The molecule has 2 aromatic rings. The second kappa shape index (κ2) is 6.03. The summed E-state index contributed by atoms with van der Waals surface area (Å²) in [5, 5.41) is 9.17. The number of carboxylic acids is 1. The molecule has 1 amide bonds. The lowest BCUT2D eigenvalue weighted by molar-refractivity contribution is -0.131. The number of rotatable bonds is 2. The van der Waals surface area contributed by atoms with Crippen LogP contribution in [0.5, 0.6) is 0 Å². The number of carbonyl (C=O) groups excluding carboxylic acids is 1. The minimum atomic E-state index is -0.896. The van der Waals surface area contributed by atoms with Crippen LogP contribution >= 0.6 is 0 Å². The molecule has 0 saturated carbocycles. The molecule has 4 rings (SSSR count). The van der Waals surface area contributed by atoms with Gasteiger partial charge in [-0.3, -0.25) is 4.79 Å². The Morgan fingerprint density at radius 1 is 1.04 bits per heavy atom. The smallest absolute Gasteiger partial charge is 0.335 e.